The highest BCUT2D eigenvalue weighted by molar-refractivity contribution is 6.30. The van der Waals surface area contributed by atoms with Gasteiger partial charge in [0.25, 0.3) is 0 Å². The molecular formula is C10H5ClF3N4O+. The second-order valence-corrected chi connectivity index (χ2v) is 3.99. The van der Waals surface area contributed by atoms with E-state index in [1.165, 1.54) is 24.3 Å². The summed E-state index contributed by atoms with van der Waals surface area (Å²) in [5.74, 6) is 0. The molecule has 5 nitrogen and oxygen atoms in total. The zero-order valence-electron chi connectivity index (χ0n) is 9.07. The molecule has 0 unspecified atom stereocenters. The van der Waals surface area contributed by atoms with Crippen molar-refractivity contribution >= 4 is 17.3 Å². The minimum Gasteiger partial charge on any atom is -0.279 e. The molecule has 0 aliphatic carbocycles. The van der Waals surface area contributed by atoms with Gasteiger partial charge in [-0.1, -0.05) is 11.6 Å². The van der Waals surface area contributed by atoms with Gasteiger partial charge in [0.1, 0.15) is 0 Å². The summed E-state index contributed by atoms with van der Waals surface area (Å²) in [4.78, 5) is 14.1. The highest BCUT2D eigenvalue weighted by atomic mass is 35.5. The number of hydrogen-bond acceptors (Lipinski definition) is 2. The first-order valence-corrected chi connectivity index (χ1v) is 5.25. The van der Waals surface area contributed by atoms with Crippen LogP contribution in [0.5, 0.6) is 0 Å². The second kappa shape index (κ2) is 4.44. The lowest BCUT2D eigenvalue weighted by Gasteiger charge is -2.02. The third kappa shape index (κ3) is 2.32. The minimum atomic E-state index is -4.83. The maximum Gasteiger partial charge on any atom is 0.480 e. The normalized spacial score (nSPS) is 11.3. The largest absolute Gasteiger partial charge is 0.480 e. The van der Waals surface area contributed by atoms with Crippen molar-refractivity contribution < 1.29 is 13.2 Å². The lowest BCUT2D eigenvalue weighted by molar-refractivity contribution is -0.140. The summed E-state index contributed by atoms with van der Waals surface area (Å²) in [5.41, 5.74) is -3.50. The molecule has 98 valence electrons. The Hall–Kier alpha value is -2.27. The summed E-state index contributed by atoms with van der Waals surface area (Å²) in [6.45, 7) is 0. The predicted molar refractivity (Wildman–Crippen MR) is 61.1 cm³/mol. The van der Waals surface area contributed by atoms with Gasteiger partial charge in [0, 0.05) is 5.02 Å². The van der Waals surface area contributed by atoms with E-state index in [0.717, 1.165) is 0 Å². The van der Waals surface area contributed by atoms with Gasteiger partial charge in [-0.3, -0.25) is 9.89 Å². The van der Waals surface area contributed by atoms with Crippen LogP contribution in [0.25, 0.3) is 10.7 Å². The van der Waals surface area contributed by atoms with Crippen LogP contribution >= 0.6 is 11.6 Å². The quantitative estimate of drug-likeness (QED) is 0.818. The molecule has 1 aromatic heterocycles. The molecule has 1 aromatic carbocycles. The Morgan fingerprint density at radius 1 is 1.26 bits per heavy atom. The van der Waals surface area contributed by atoms with Gasteiger partial charge in [-0.2, -0.15) is 13.2 Å². The summed E-state index contributed by atoms with van der Waals surface area (Å²) < 4.78 is 38.5. The standard InChI is InChI=1S/C10H4ClF3N4O/c11-5-1-3-6(4-2-5)18-9(19)7(16-15)8(17-18)10(12,13)14/h1-4H/p+1. The van der Waals surface area contributed by atoms with E-state index < -0.39 is 23.1 Å². The van der Waals surface area contributed by atoms with Crippen LogP contribution in [-0.2, 0) is 6.18 Å². The monoisotopic (exact) mass is 289 g/mol. The van der Waals surface area contributed by atoms with Crippen molar-refractivity contribution in [2.24, 2.45) is 0 Å². The van der Waals surface area contributed by atoms with Gasteiger partial charge < -0.3 is 0 Å². The van der Waals surface area contributed by atoms with Gasteiger partial charge in [0.05, 0.1) is 5.69 Å². The summed E-state index contributed by atoms with van der Waals surface area (Å²) in [6.07, 6.45) is -4.83. The van der Waals surface area contributed by atoms with E-state index in [4.69, 9.17) is 17.0 Å². The van der Waals surface area contributed by atoms with Gasteiger partial charge in [-0.05, 0) is 24.3 Å². The maximum atomic E-state index is 12.6. The van der Waals surface area contributed by atoms with Crippen molar-refractivity contribution in [2.45, 2.75) is 6.18 Å². The number of halogens is 4. The molecule has 2 aromatic rings. The van der Waals surface area contributed by atoms with Crippen LogP contribution in [0, 0.1) is 5.39 Å². The minimum absolute atomic E-state index is 0.134. The lowest BCUT2D eigenvalue weighted by atomic mass is 10.3. The van der Waals surface area contributed by atoms with Crippen molar-refractivity contribution in [3.8, 4) is 5.69 Å². The molecule has 0 aliphatic rings. The highest BCUT2D eigenvalue weighted by Crippen LogP contribution is 2.33. The molecule has 0 atom stereocenters. The highest BCUT2D eigenvalue weighted by Gasteiger charge is 2.45. The molecule has 0 radical (unpaired) electrons. The fourth-order valence-electron chi connectivity index (χ4n) is 1.49. The maximum absolute atomic E-state index is 12.6. The third-order valence-corrected chi connectivity index (χ3v) is 2.59. The Labute approximate surface area is 108 Å². The van der Waals surface area contributed by atoms with Crippen molar-refractivity contribution in [3.05, 3.63) is 50.3 Å². The topological polar surface area (TPSA) is 65.9 Å². The van der Waals surface area contributed by atoms with Gasteiger partial charge in [-0.15, -0.1) is 0 Å². The molecule has 9 heteroatoms. The van der Waals surface area contributed by atoms with E-state index in [2.05, 4.69) is 4.98 Å². The first kappa shape index (κ1) is 13.2. The third-order valence-electron chi connectivity index (χ3n) is 2.33. The average molecular weight is 290 g/mol. The number of alkyl halides is 3. The fourth-order valence-corrected chi connectivity index (χ4v) is 1.62. The number of nitrogens with one attached hydrogen (secondary N) is 1. The molecule has 0 amide bonds. The van der Waals surface area contributed by atoms with Crippen molar-refractivity contribution in [1.29, 1.82) is 5.39 Å². The van der Waals surface area contributed by atoms with Gasteiger partial charge in [0.2, 0.25) is 11.1 Å². The summed E-state index contributed by atoms with van der Waals surface area (Å²) >= 11 is 5.64. The molecule has 0 bridgehead atoms. The van der Waals surface area contributed by atoms with Crippen LogP contribution in [-0.4, -0.2) is 9.78 Å². The van der Waals surface area contributed by atoms with Crippen LogP contribution in [0.4, 0.5) is 18.9 Å². The summed E-state index contributed by atoms with van der Waals surface area (Å²) in [7, 11) is 0. The van der Waals surface area contributed by atoms with Crippen molar-refractivity contribution in [2.75, 3.05) is 0 Å². The summed E-state index contributed by atoms with van der Waals surface area (Å²) in [5, 5.41) is 10.8. The molecule has 1 heterocycles. The Kier molecular flexibility index (Phi) is 3.08. The number of nitrogens with zero attached hydrogens (tertiary/aromatic N) is 3. The van der Waals surface area contributed by atoms with Gasteiger partial charge >= 0.3 is 17.4 Å². The molecule has 0 spiro atoms. The second-order valence-electron chi connectivity index (χ2n) is 3.55. The Balaban J connectivity index is 2.68. The molecule has 0 saturated heterocycles. The number of H-pyrrole nitrogens is 1. The van der Waals surface area contributed by atoms with Crippen LogP contribution < -0.4 is 5.56 Å². The number of benzene rings is 1. The zero-order chi connectivity index (χ0) is 14.2. The van der Waals surface area contributed by atoms with Crippen LogP contribution in [0.3, 0.4) is 0 Å². The SMILES string of the molecule is N#[N+]c1c(C(F)(F)F)[nH]n(-c2ccc(Cl)cc2)c1=O. The number of rotatable bonds is 1. The van der Waals surface area contributed by atoms with E-state index in [-0.39, 0.29) is 5.69 Å². The molecule has 0 aliphatic heterocycles. The van der Waals surface area contributed by atoms with Crippen molar-refractivity contribution in [3.63, 3.8) is 0 Å². The summed E-state index contributed by atoms with van der Waals surface area (Å²) in [6, 6.07) is 5.52. The molecule has 2 rings (SSSR count). The fraction of sp³-hybridized carbons (Fsp3) is 0.100. The predicted octanol–water partition coefficient (Wildman–Crippen LogP) is 3.32. The first-order chi connectivity index (χ1) is 8.84. The molecule has 0 fully saturated rings. The van der Waals surface area contributed by atoms with E-state index >= 15 is 0 Å². The molecule has 1 N–H and O–H groups in total. The van der Waals surface area contributed by atoms with Crippen LogP contribution in [0.1, 0.15) is 5.69 Å². The van der Waals surface area contributed by atoms with Crippen molar-refractivity contribution in [1.82, 2.24) is 9.78 Å². The van der Waals surface area contributed by atoms with Gasteiger partial charge in [0.15, 0.2) is 4.98 Å². The number of diazo groups is 1. The van der Waals surface area contributed by atoms with E-state index in [9.17, 15) is 18.0 Å². The smallest absolute Gasteiger partial charge is 0.279 e. The Morgan fingerprint density at radius 3 is 2.26 bits per heavy atom. The van der Waals surface area contributed by atoms with E-state index in [1.807, 2.05) is 5.10 Å². The average Bonchev–Trinajstić information content (AvgIpc) is 2.67. The zero-order valence-corrected chi connectivity index (χ0v) is 9.83. The van der Waals surface area contributed by atoms with Gasteiger partial charge in [-0.25, -0.2) is 4.68 Å². The first-order valence-electron chi connectivity index (χ1n) is 4.88. The van der Waals surface area contributed by atoms with Crippen LogP contribution in [0.2, 0.25) is 5.02 Å². The van der Waals surface area contributed by atoms with Crippen LogP contribution in [0.15, 0.2) is 29.1 Å². The molecule has 19 heavy (non-hydrogen) atoms. The number of aromatic nitrogens is 2. The molecule has 0 saturated carbocycles. The van der Waals surface area contributed by atoms with E-state index in [1.54, 1.807) is 0 Å². The number of hydrogen-bond donors (Lipinski definition) is 1. The molecular weight excluding hydrogens is 285 g/mol. The van der Waals surface area contributed by atoms with E-state index in [0.29, 0.717) is 9.70 Å². The number of aromatic amines is 1. The lowest BCUT2D eigenvalue weighted by Crippen LogP contribution is -2.13. The Morgan fingerprint density at radius 2 is 1.84 bits per heavy atom. The Bertz CT molecular complexity index is 708.